The van der Waals surface area contributed by atoms with E-state index in [4.69, 9.17) is 14.2 Å². The van der Waals surface area contributed by atoms with Crippen LogP contribution < -0.4 is 9.47 Å². The lowest BCUT2D eigenvalue weighted by Gasteiger charge is -2.24. The third-order valence-electron chi connectivity index (χ3n) is 4.58. The molecular formula is C19H23N3O3. The Balaban J connectivity index is 1.41. The highest BCUT2D eigenvalue weighted by Gasteiger charge is 2.20. The van der Waals surface area contributed by atoms with Gasteiger partial charge in [-0.3, -0.25) is 4.90 Å². The van der Waals surface area contributed by atoms with Gasteiger partial charge in [-0.2, -0.15) is 0 Å². The van der Waals surface area contributed by atoms with Crippen molar-refractivity contribution < 1.29 is 14.2 Å². The number of aromatic nitrogens is 2. The first-order chi connectivity index (χ1) is 12.4. The summed E-state index contributed by atoms with van der Waals surface area (Å²) in [4.78, 5) is 10.8. The molecule has 6 nitrogen and oxygen atoms in total. The van der Waals surface area contributed by atoms with Gasteiger partial charge in [0.2, 0.25) is 0 Å². The Morgan fingerprint density at radius 1 is 1.08 bits per heavy atom. The van der Waals surface area contributed by atoms with Crippen LogP contribution in [0.2, 0.25) is 0 Å². The van der Waals surface area contributed by atoms with E-state index < -0.39 is 0 Å². The minimum absolute atomic E-state index is 0.439. The Labute approximate surface area is 147 Å². The number of hydrogen-bond donors (Lipinski definition) is 0. The zero-order valence-electron chi connectivity index (χ0n) is 14.3. The highest BCUT2D eigenvalue weighted by molar-refractivity contribution is 5.43. The van der Waals surface area contributed by atoms with Crippen molar-refractivity contribution in [3.63, 3.8) is 0 Å². The average molecular weight is 341 g/mol. The third kappa shape index (κ3) is 4.27. The zero-order valence-corrected chi connectivity index (χ0v) is 14.3. The molecule has 0 bridgehead atoms. The van der Waals surface area contributed by atoms with Crippen molar-refractivity contribution in [3.8, 4) is 11.5 Å². The van der Waals surface area contributed by atoms with Crippen LogP contribution in [0.25, 0.3) is 0 Å². The normalized spacial score (nSPS) is 20.9. The molecule has 2 aliphatic rings. The second-order valence-corrected chi connectivity index (χ2v) is 6.56. The standard InChI is InChI=1S/C19H23N3O3/c1-2-18-19(25-8-7-24-18)10-15(1)11-22-5-6-23-13-16(12-22)9-17-3-4-20-14-21-17/h1-4,10,14,16H,5-9,11-13H2/t16-/m1/s1. The van der Waals surface area contributed by atoms with E-state index in [1.54, 1.807) is 12.5 Å². The predicted octanol–water partition coefficient (Wildman–Crippen LogP) is 1.94. The van der Waals surface area contributed by atoms with Gasteiger partial charge in [-0.15, -0.1) is 0 Å². The molecule has 0 radical (unpaired) electrons. The van der Waals surface area contributed by atoms with Gasteiger partial charge in [-0.25, -0.2) is 9.97 Å². The fourth-order valence-corrected chi connectivity index (χ4v) is 3.40. The molecule has 1 atom stereocenters. The lowest BCUT2D eigenvalue weighted by molar-refractivity contribution is 0.121. The van der Waals surface area contributed by atoms with Crippen molar-refractivity contribution in [1.82, 2.24) is 14.9 Å². The number of benzene rings is 1. The first-order valence-electron chi connectivity index (χ1n) is 8.80. The molecule has 2 aromatic rings. The van der Waals surface area contributed by atoms with Crippen molar-refractivity contribution in [2.45, 2.75) is 13.0 Å². The molecule has 0 spiro atoms. The summed E-state index contributed by atoms with van der Waals surface area (Å²) >= 11 is 0. The fraction of sp³-hybridized carbons (Fsp3) is 0.474. The number of fused-ring (bicyclic) bond motifs is 1. The molecule has 1 aromatic carbocycles. The summed E-state index contributed by atoms with van der Waals surface area (Å²) in [5.41, 5.74) is 2.32. The van der Waals surface area contributed by atoms with Gasteiger partial charge >= 0.3 is 0 Å². The first-order valence-corrected chi connectivity index (χ1v) is 8.80. The van der Waals surface area contributed by atoms with Crippen LogP contribution >= 0.6 is 0 Å². The Hall–Kier alpha value is -2.18. The van der Waals surface area contributed by atoms with E-state index >= 15 is 0 Å². The minimum atomic E-state index is 0.439. The lowest BCUT2D eigenvalue weighted by Crippen LogP contribution is -2.30. The SMILES string of the molecule is c1cc(C[C@H]2COCCN(Cc3ccc4c(c3)OCCO4)C2)ncn1. The van der Waals surface area contributed by atoms with Crippen molar-refractivity contribution in [2.75, 3.05) is 39.5 Å². The molecule has 0 saturated carbocycles. The Kier molecular flexibility index (Phi) is 5.09. The van der Waals surface area contributed by atoms with E-state index in [0.29, 0.717) is 19.1 Å². The first kappa shape index (κ1) is 16.3. The molecule has 2 aliphatic heterocycles. The van der Waals surface area contributed by atoms with Crippen molar-refractivity contribution in [3.05, 3.63) is 48.0 Å². The Morgan fingerprint density at radius 2 is 2.00 bits per heavy atom. The van der Waals surface area contributed by atoms with Gasteiger partial charge in [0.05, 0.1) is 13.2 Å². The van der Waals surface area contributed by atoms with E-state index in [2.05, 4.69) is 27.0 Å². The second kappa shape index (κ2) is 7.80. The van der Waals surface area contributed by atoms with Crippen LogP contribution in [-0.2, 0) is 17.7 Å². The van der Waals surface area contributed by atoms with Gasteiger partial charge in [0.15, 0.2) is 11.5 Å². The molecule has 6 heteroatoms. The monoisotopic (exact) mass is 341 g/mol. The molecule has 1 fully saturated rings. The summed E-state index contributed by atoms with van der Waals surface area (Å²) in [5.74, 6) is 2.14. The van der Waals surface area contributed by atoms with Crippen molar-refractivity contribution in [1.29, 1.82) is 0 Å². The predicted molar refractivity (Wildman–Crippen MR) is 92.8 cm³/mol. The smallest absolute Gasteiger partial charge is 0.161 e. The molecule has 3 heterocycles. The van der Waals surface area contributed by atoms with Crippen LogP contribution in [0.1, 0.15) is 11.3 Å². The molecule has 4 rings (SSSR count). The summed E-state index contributed by atoms with van der Waals surface area (Å²) in [5, 5.41) is 0. The molecule has 0 unspecified atom stereocenters. The molecule has 132 valence electrons. The topological polar surface area (TPSA) is 56.7 Å². The van der Waals surface area contributed by atoms with E-state index in [-0.39, 0.29) is 0 Å². The summed E-state index contributed by atoms with van der Waals surface area (Å²) < 4.78 is 17.1. The highest BCUT2D eigenvalue weighted by atomic mass is 16.6. The van der Waals surface area contributed by atoms with Gasteiger partial charge in [0.1, 0.15) is 19.5 Å². The van der Waals surface area contributed by atoms with E-state index in [1.807, 2.05) is 12.1 Å². The Bertz CT molecular complexity index is 696. The summed E-state index contributed by atoms with van der Waals surface area (Å²) in [6, 6.07) is 8.21. The molecule has 25 heavy (non-hydrogen) atoms. The van der Waals surface area contributed by atoms with Gasteiger partial charge in [0, 0.05) is 37.4 Å². The lowest BCUT2D eigenvalue weighted by atomic mass is 10.0. The fourth-order valence-electron chi connectivity index (χ4n) is 3.40. The van der Waals surface area contributed by atoms with Gasteiger partial charge in [-0.05, 0) is 30.2 Å². The van der Waals surface area contributed by atoms with E-state index in [1.165, 1.54) is 5.56 Å². The summed E-state index contributed by atoms with van der Waals surface area (Å²) in [7, 11) is 0. The highest BCUT2D eigenvalue weighted by Crippen LogP contribution is 2.31. The average Bonchev–Trinajstić information content (AvgIpc) is 2.87. The van der Waals surface area contributed by atoms with Crippen LogP contribution in [0.5, 0.6) is 11.5 Å². The number of rotatable bonds is 4. The Morgan fingerprint density at radius 3 is 2.88 bits per heavy atom. The van der Waals surface area contributed by atoms with Crippen LogP contribution in [0.15, 0.2) is 36.8 Å². The number of ether oxygens (including phenoxy) is 3. The molecule has 1 aromatic heterocycles. The molecular weight excluding hydrogens is 318 g/mol. The van der Waals surface area contributed by atoms with Gasteiger partial charge in [0.25, 0.3) is 0 Å². The second-order valence-electron chi connectivity index (χ2n) is 6.56. The molecule has 0 N–H and O–H groups in total. The summed E-state index contributed by atoms with van der Waals surface area (Å²) in [6.07, 6.45) is 4.33. The van der Waals surface area contributed by atoms with E-state index in [0.717, 1.165) is 56.5 Å². The quantitative estimate of drug-likeness (QED) is 0.847. The third-order valence-corrected chi connectivity index (χ3v) is 4.58. The van der Waals surface area contributed by atoms with Gasteiger partial charge in [-0.1, -0.05) is 6.07 Å². The van der Waals surface area contributed by atoms with Crippen LogP contribution in [0.3, 0.4) is 0 Å². The maximum absolute atomic E-state index is 5.81. The van der Waals surface area contributed by atoms with Crippen LogP contribution in [-0.4, -0.2) is 54.4 Å². The van der Waals surface area contributed by atoms with Crippen molar-refractivity contribution in [2.24, 2.45) is 5.92 Å². The number of nitrogens with zero attached hydrogens (tertiary/aromatic N) is 3. The van der Waals surface area contributed by atoms with E-state index in [9.17, 15) is 0 Å². The molecule has 0 aliphatic carbocycles. The maximum atomic E-state index is 5.81. The van der Waals surface area contributed by atoms with Crippen LogP contribution in [0.4, 0.5) is 0 Å². The maximum Gasteiger partial charge on any atom is 0.161 e. The minimum Gasteiger partial charge on any atom is -0.486 e. The molecule has 0 amide bonds. The largest absolute Gasteiger partial charge is 0.486 e. The molecule has 1 saturated heterocycles. The summed E-state index contributed by atoms with van der Waals surface area (Å²) in [6.45, 7) is 5.62. The van der Waals surface area contributed by atoms with Crippen molar-refractivity contribution >= 4 is 0 Å². The number of hydrogen-bond acceptors (Lipinski definition) is 6. The van der Waals surface area contributed by atoms with Gasteiger partial charge < -0.3 is 14.2 Å². The van der Waals surface area contributed by atoms with Crippen LogP contribution in [0, 0.1) is 5.92 Å². The zero-order chi connectivity index (χ0) is 16.9.